The number of carbonyl (C=O) groups excluding carboxylic acids is 1. The van der Waals surface area contributed by atoms with Gasteiger partial charge in [0.05, 0.1) is 17.3 Å². The Morgan fingerprint density at radius 3 is 2.73 bits per heavy atom. The fraction of sp³-hybridized carbons (Fsp3) is 0.100. The Bertz CT molecular complexity index is 416. The van der Waals surface area contributed by atoms with E-state index < -0.39 is 0 Å². The summed E-state index contributed by atoms with van der Waals surface area (Å²) in [6, 6.07) is 3.73. The molecule has 0 aliphatic carbocycles. The van der Waals surface area contributed by atoms with Crippen molar-refractivity contribution in [3.8, 4) is 0 Å². The molecule has 0 aliphatic rings. The average molecular weight is 285 g/mol. The number of hydrogen-bond donors (Lipinski definition) is 0. The Morgan fingerprint density at radius 1 is 1.40 bits per heavy atom. The number of ketones is 1. The number of thiophene rings is 1. The molecular formula is C10H9BrN2OS. The zero-order valence-corrected chi connectivity index (χ0v) is 10.2. The second kappa shape index (κ2) is 5.72. The van der Waals surface area contributed by atoms with E-state index in [2.05, 4.69) is 4.98 Å². The summed E-state index contributed by atoms with van der Waals surface area (Å²) in [4.78, 5) is 16.3. The second-order valence-electron chi connectivity index (χ2n) is 2.82. The van der Waals surface area contributed by atoms with E-state index >= 15 is 0 Å². The number of rotatable bonds is 3. The van der Waals surface area contributed by atoms with Crippen LogP contribution in [0.1, 0.15) is 9.67 Å². The van der Waals surface area contributed by atoms with Gasteiger partial charge in [-0.15, -0.1) is 11.3 Å². The van der Waals surface area contributed by atoms with Gasteiger partial charge in [0.1, 0.15) is 0 Å². The number of carbonyl (C=O) groups is 1. The van der Waals surface area contributed by atoms with Crippen LogP contribution in [0.3, 0.4) is 0 Å². The minimum atomic E-state index is 0. The molecule has 2 aromatic heterocycles. The largest absolute Gasteiger partial charge is 1.00 e. The van der Waals surface area contributed by atoms with Gasteiger partial charge in [-0.3, -0.25) is 9.78 Å². The van der Waals surface area contributed by atoms with Crippen molar-refractivity contribution in [2.75, 3.05) is 0 Å². The normalized spacial score (nSPS) is 9.33. The molecule has 2 rings (SSSR count). The van der Waals surface area contributed by atoms with Crippen LogP contribution in [0.15, 0.2) is 42.3 Å². The third kappa shape index (κ3) is 3.21. The Balaban J connectivity index is 0.00000112. The SMILES string of the molecule is O=C(C[n+]1ccncc1)c1cccs1.[Br-]. The maximum atomic E-state index is 11.6. The van der Waals surface area contributed by atoms with Gasteiger partial charge in [-0.1, -0.05) is 6.07 Å². The number of aromatic nitrogens is 2. The predicted octanol–water partition coefficient (Wildman–Crippen LogP) is -1.68. The van der Waals surface area contributed by atoms with Crippen LogP contribution in [0.4, 0.5) is 0 Å². The molecule has 0 saturated carbocycles. The molecule has 5 heteroatoms. The van der Waals surface area contributed by atoms with Crippen molar-refractivity contribution in [1.82, 2.24) is 4.98 Å². The zero-order chi connectivity index (χ0) is 9.80. The highest BCUT2D eigenvalue weighted by atomic mass is 79.9. The molecule has 0 aliphatic heterocycles. The summed E-state index contributed by atoms with van der Waals surface area (Å²) in [6.45, 7) is 0.378. The molecule has 78 valence electrons. The first kappa shape index (κ1) is 12.0. The number of hydrogen-bond acceptors (Lipinski definition) is 3. The first-order valence-electron chi connectivity index (χ1n) is 4.22. The zero-order valence-electron chi connectivity index (χ0n) is 7.84. The lowest BCUT2D eigenvalue weighted by Gasteiger charge is -1.92. The molecular weight excluding hydrogens is 276 g/mol. The number of Topliss-reactive ketones (excluding diaryl/α,β-unsaturated/α-hetero) is 1. The van der Waals surface area contributed by atoms with E-state index in [-0.39, 0.29) is 22.8 Å². The molecule has 2 aromatic rings. The molecule has 0 saturated heterocycles. The Hall–Kier alpha value is -1.07. The average Bonchev–Trinajstić information content (AvgIpc) is 2.72. The van der Waals surface area contributed by atoms with E-state index in [0.29, 0.717) is 6.54 Å². The van der Waals surface area contributed by atoms with E-state index in [4.69, 9.17) is 0 Å². The minimum Gasteiger partial charge on any atom is -1.00 e. The van der Waals surface area contributed by atoms with Crippen molar-refractivity contribution < 1.29 is 26.3 Å². The molecule has 0 aromatic carbocycles. The van der Waals surface area contributed by atoms with E-state index in [1.54, 1.807) is 24.8 Å². The molecule has 15 heavy (non-hydrogen) atoms. The molecule has 0 fully saturated rings. The molecule has 0 bridgehead atoms. The first-order chi connectivity index (χ1) is 6.86. The Kier molecular flexibility index (Phi) is 4.58. The standard InChI is InChI=1S/C10H9N2OS.BrH/c13-9(10-2-1-7-14-10)8-12-5-3-11-4-6-12;/h1-7H,8H2;1H/q+1;/p-1. The molecule has 3 nitrogen and oxygen atoms in total. The summed E-state index contributed by atoms with van der Waals surface area (Å²) in [5, 5.41) is 1.91. The van der Waals surface area contributed by atoms with Gasteiger partial charge in [0.25, 0.3) is 0 Å². The molecule has 0 spiro atoms. The summed E-state index contributed by atoms with van der Waals surface area (Å²) in [7, 11) is 0. The van der Waals surface area contributed by atoms with Crippen LogP contribution in [0.25, 0.3) is 0 Å². The summed E-state index contributed by atoms with van der Waals surface area (Å²) in [5.41, 5.74) is 0. The Morgan fingerprint density at radius 2 is 2.13 bits per heavy atom. The van der Waals surface area contributed by atoms with Crippen molar-refractivity contribution in [3.05, 3.63) is 47.2 Å². The van der Waals surface area contributed by atoms with E-state index in [0.717, 1.165) is 4.88 Å². The maximum Gasteiger partial charge on any atom is 0.237 e. The molecule has 0 N–H and O–H groups in total. The lowest BCUT2D eigenvalue weighted by molar-refractivity contribution is -0.683. The lowest BCUT2D eigenvalue weighted by Crippen LogP contribution is -3.00. The van der Waals surface area contributed by atoms with Crippen LogP contribution in [-0.2, 0) is 6.54 Å². The van der Waals surface area contributed by atoms with Gasteiger partial charge in [-0.25, -0.2) is 0 Å². The molecule has 0 atom stereocenters. The first-order valence-corrected chi connectivity index (χ1v) is 5.10. The highest BCUT2D eigenvalue weighted by molar-refractivity contribution is 7.12. The summed E-state index contributed by atoms with van der Waals surface area (Å²) < 4.78 is 1.81. The fourth-order valence-electron chi connectivity index (χ4n) is 1.13. The summed E-state index contributed by atoms with van der Waals surface area (Å²) in [5.74, 6) is 0.135. The van der Waals surface area contributed by atoms with Crippen LogP contribution in [0.5, 0.6) is 0 Å². The van der Waals surface area contributed by atoms with Crippen molar-refractivity contribution in [2.24, 2.45) is 0 Å². The second-order valence-corrected chi connectivity index (χ2v) is 3.77. The van der Waals surface area contributed by atoms with Gasteiger partial charge in [0.2, 0.25) is 12.3 Å². The van der Waals surface area contributed by atoms with Crippen molar-refractivity contribution in [2.45, 2.75) is 6.54 Å². The highest BCUT2D eigenvalue weighted by Gasteiger charge is 2.11. The van der Waals surface area contributed by atoms with Crippen LogP contribution in [0.2, 0.25) is 0 Å². The highest BCUT2D eigenvalue weighted by Crippen LogP contribution is 2.08. The van der Waals surface area contributed by atoms with Gasteiger partial charge in [0, 0.05) is 0 Å². The number of halogens is 1. The van der Waals surface area contributed by atoms with E-state index in [9.17, 15) is 4.79 Å². The monoisotopic (exact) mass is 284 g/mol. The topological polar surface area (TPSA) is 33.8 Å². The van der Waals surface area contributed by atoms with Gasteiger partial charge in [0.15, 0.2) is 12.4 Å². The van der Waals surface area contributed by atoms with Crippen LogP contribution >= 0.6 is 11.3 Å². The van der Waals surface area contributed by atoms with Crippen molar-refractivity contribution >= 4 is 17.1 Å². The van der Waals surface area contributed by atoms with Crippen LogP contribution < -0.4 is 21.5 Å². The summed E-state index contributed by atoms with van der Waals surface area (Å²) >= 11 is 1.47. The lowest BCUT2D eigenvalue weighted by atomic mass is 10.3. The van der Waals surface area contributed by atoms with E-state index in [1.807, 2.05) is 22.1 Å². The smallest absolute Gasteiger partial charge is 0.237 e. The van der Waals surface area contributed by atoms with Gasteiger partial charge >= 0.3 is 0 Å². The van der Waals surface area contributed by atoms with Crippen molar-refractivity contribution in [1.29, 1.82) is 0 Å². The van der Waals surface area contributed by atoms with Gasteiger partial charge in [-0.05, 0) is 11.4 Å². The maximum absolute atomic E-state index is 11.6. The molecule has 0 radical (unpaired) electrons. The Labute approximate surface area is 102 Å². The third-order valence-corrected chi connectivity index (χ3v) is 2.72. The van der Waals surface area contributed by atoms with Crippen molar-refractivity contribution in [3.63, 3.8) is 0 Å². The molecule has 0 amide bonds. The van der Waals surface area contributed by atoms with E-state index in [1.165, 1.54) is 11.3 Å². The quantitative estimate of drug-likeness (QED) is 0.498. The molecule has 2 heterocycles. The van der Waals surface area contributed by atoms with Crippen LogP contribution in [0, 0.1) is 0 Å². The fourth-order valence-corrected chi connectivity index (χ4v) is 1.79. The van der Waals surface area contributed by atoms with Gasteiger partial charge in [-0.2, -0.15) is 4.57 Å². The van der Waals surface area contributed by atoms with Crippen LogP contribution in [-0.4, -0.2) is 10.8 Å². The summed E-state index contributed by atoms with van der Waals surface area (Å²) in [6.07, 6.45) is 6.90. The predicted molar refractivity (Wildman–Crippen MR) is 53.1 cm³/mol. The number of nitrogens with zero attached hydrogens (tertiary/aromatic N) is 2. The third-order valence-electron chi connectivity index (χ3n) is 1.81. The van der Waals surface area contributed by atoms with Gasteiger partial charge < -0.3 is 17.0 Å². The minimum absolute atomic E-state index is 0. The molecule has 0 unspecified atom stereocenters.